The van der Waals surface area contributed by atoms with Gasteiger partial charge in [0.1, 0.15) is 0 Å². The summed E-state index contributed by atoms with van der Waals surface area (Å²) in [6.45, 7) is 1.98. The normalized spacial score (nSPS) is 9.88. The van der Waals surface area contributed by atoms with E-state index in [0.29, 0.717) is 17.1 Å². The summed E-state index contributed by atoms with van der Waals surface area (Å²) in [6.07, 6.45) is 0. The number of nitrogens with two attached hydrogens (primary N) is 2. The number of guanidine groups is 1. The lowest BCUT2D eigenvalue weighted by Gasteiger charge is -2.02. The van der Waals surface area contributed by atoms with Gasteiger partial charge < -0.3 is 21.3 Å². The maximum Gasteiger partial charge on any atom is 0.277 e. The average molecular weight is 372 g/mol. The van der Waals surface area contributed by atoms with Crippen LogP contribution in [0.2, 0.25) is 0 Å². The van der Waals surface area contributed by atoms with E-state index in [4.69, 9.17) is 16.0 Å². The molecule has 2 aromatic carbocycles. The third-order valence-electron chi connectivity index (χ3n) is 3.46. The quantitative estimate of drug-likeness (QED) is 0.480. The maximum atomic E-state index is 12.2. The summed E-state index contributed by atoms with van der Waals surface area (Å²) in [5, 5.41) is 6.60. The van der Waals surface area contributed by atoms with E-state index < -0.39 is 0 Å². The number of hydrogen-bond donors (Lipinski definition) is 3. The highest BCUT2D eigenvalue weighted by molar-refractivity contribution is 6.03. The van der Waals surface area contributed by atoms with Gasteiger partial charge in [-0.1, -0.05) is 22.9 Å². The molecular weight excluding hydrogens is 354 g/mol. The van der Waals surface area contributed by atoms with Gasteiger partial charge in [0.05, 0.1) is 5.69 Å². The molecule has 0 unspecified atom stereocenters. The number of carbonyl (C=O) groups excluding carboxylic acids is 1. The van der Waals surface area contributed by atoms with E-state index in [2.05, 4.69) is 15.5 Å². The first-order valence-electron chi connectivity index (χ1n) is 7.56. The number of carbonyl (C=O) groups is 1. The highest BCUT2D eigenvalue weighted by Crippen LogP contribution is 2.23. The molecule has 7 nitrogen and oxygen atoms in total. The number of amides is 1. The maximum absolute atomic E-state index is 12.2. The predicted octanol–water partition coefficient (Wildman–Crippen LogP) is 3.23. The molecule has 26 heavy (non-hydrogen) atoms. The fourth-order valence-electron chi connectivity index (χ4n) is 2.20. The second-order valence-corrected chi connectivity index (χ2v) is 5.48. The van der Waals surface area contributed by atoms with E-state index in [1.165, 1.54) is 0 Å². The zero-order valence-corrected chi connectivity index (χ0v) is 14.8. The van der Waals surface area contributed by atoms with Gasteiger partial charge in [-0.25, -0.2) is 4.99 Å². The molecule has 5 N–H and O–H groups in total. The van der Waals surface area contributed by atoms with Crippen molar-refractivity contribution in [3.63, 3.8) is 0 Å². The van der Waals surface area contributed by atoms with Gasteiger partial charge in [-0.2, -0.15) is 0 Å². The molecule has 1 amide bonds. The second-order valence-electron chi connectivity index (χ2n) is 5.48. The van der Waals surface area contributed by atoms with Gasteiger partial charge in [0.25, 0.3) is 5.91 Å². The number of halogens is 1. The Morgan fingerprint density at radius 2 is 1.73 bits per heavy atom. The molecular formula is C18H18ClN5O2. The number of rotatable bonds is 4. The average Bonchev–Trinajstić information content (AvgIpc) is 3.07. The summed E-state index contributed by atoms with van der Waals surface area (Å²) >= 11 is 0. The van der Waals surface area contributed by atoms with E-state index in [1.54, 1.807) is 30.3 Å². The largest absolute Gasteiger partial charge is 0.370 e. The molecule has 0 fully saturated rings. The molecule has 0 atom stereocenters. The summed E-state index contributed by atoms with van der Waals surface area (Å²) in [4.78, 5) is 16.2. The van der Waals surface area contributed by atoms with Crippen molar-refractivity contribution in [3.8, 4) is 11.3 Å². The van der Waals surface area contributed by atoms with Crippen LogP contribution in [0, 0.1) is 6.92 Å². The predicted molar refractivity (Wildman–Crippen MR) is 104 cm³/mol. The Labute approximate surface area is 156 Å². The number of nitrogens with one attached hydrogen (secondary N) is 1. The molecule has 0 saturated heterocycles. The van der Waals surface area contributed by atoms with Gasteiger partial charge in [0.15, 0.2) is 17.4 Å². The molecule has 0 aliphatic rings. The lowest BCUT2D eigenvalue weighted by molar-refractivity contribution is 0.101. The van der Waals surface area contributed by atoms with Crippen molar-refractivity contribution in [2.45, 2.75) is 6.92 Å². The van der Waals surface area contributed by atoms with E-state index in [9.17, 15) is 4.79 Å². The Morgan fingerprint density at radius 1 is 1.08 bits per heavy atom. The van der Waals surface area contributed by atoms with E-state index in [-0.39, 0.29) is 30.0 Å². The summed E-state index contributed by atoms with van der Waals surface area (Å²) in [5.41, 5.74) is 14.1. The van der Waals surface area contributed by atoms with Crippen molar-refractivity contribution in [2.75, 3.05) is 5.32 Å². The number of nitrogens with zero attached hydrogens (tertiary/aromatic N) is 2. The van der Waals surface area contributed by atoms with Gasteiger partial charge in [0, 0.05) is 17.3 Å². The summed E-state index contributed by atoms with van der Waals surface area (Å²) in [5.74, 6) is 0.128. The topological polar surface area (TPSA) is 120 Å². The van der Waals surface area contributed by atoms with Crippen LogP contribution in [-0.2, 0) is 0 Å². The molecule has 3 rings (SSSR count). The van der Waals surface area contributed by atoms with Crippen LogP contribution in [0.5, 0.6) is 0 Å². The summed E-state index contributed by atoms with van der Waals surface area (Å²) in [6, 6.07) is 16.1. The van der Waals surface area contributed by atoms with Crippen LogP contribution in [0.15, 0.2) is 64.1 Å². The van der Waals surface area contributed by atoms with Crippen LogP contribution in [0.25, 0.3) is 11.3 Å². The van der Waals surface area contributed by atoms with Gasteiger partial charge in [-0.05, 0) is 43.3 Å². The molecule has 134 valence electrons. The summed E-state index contributed by atoms with van der Waals surface area (Å²) < 4.78 is 5.25. The molecule has 0 radical (unpaired) electrons. The first-order chi connectivity index (χ1) is 12.0. The minimum absolute atomic E-state index is 0. The molecule has 0 bridgehead atoms. The zero-order chi connectivity index (χ0) is 17.8. The van der Waals surface area contributed by atoms with Crippen LogP contribution >= 0.6 is 12.4 Å². The van der Waals surface area contributed by atoms with Crippen LogP contribution in [-0.4, -0.2) is 17.0 Å². The highest BCUT2D eigenvalue weighted by atomic mass is 35.5. The van der Waals surface area contributed by atoms with Gasteiger partial charge in [-0.15, -0.1) is 12.4 Å². The van der Waals surface area contributed by atoms with Crippen LogP contribution in [0.4, 0.5) is 11.4 Å². The molecule has 0 aliphatic heterocycles. The number of anilines is 1. The number of benzene rings is 2. The second kappa shape index (κ2) is 8.17. The SMILES string of the molecule is Cc1ccc(NC(=O)c2cc(-c3ccc(N=C(N)N)cc3)on2)cc1.Cl. The molecule has 1 aromatic heterocycles. The molecule has 0 aliphatic carbocycles. The van der Waals surface area contributed by atoms with E-state index >= 15 is 0 Å². The van der Waals surface area contributed by atoms with Crippen molar-refractivity contribution in [1.82, 2.24) is 5.16 Å². The lowest BCUT2D eigenvalue weighted by atomic mass is 10.1. The minimum atomic E-state index is -0.337. The third kappa shape index (κ3) is 4.61. The van der Waals surface area contributed by atoms with Crippen LogP contribution in [0.1, 0.15) is 16.1 Å². The fraction of sp³-hybridized carbons (Fsp3) is 0.0556. The molecule has 1 heterocycles. The van der Waals surface area contributed by atoms with Crippen LogP contribution < -0.4 is 16.8 Å². The number of aliphatic imine (C=N–C) groups is 1. The minimum Gasteiger partial charge on any atom is -0.370 e. The van der Waals surface area contributed by atoms with Crippen LogP contribution in [0.3, 0.4) is 0 Å². The molecule has 3 aromatic rings. The first-order valence-corrected chi connectivity index (χ1v) is 7.56. The van der Waals surface area contributed by atoms with Gasteiger partial charge in [0.2, 0.25) is 0 Å². The monoisotopic (exact) mass is 371 g/mol. The molecule has 8 heteroatoms. The van der Waals surface area contributed by atoms with E-state index in [0.717, 1.165) is 11.1 Å². The standard InChI is InChI=1S/C18H17N5O2.ClH/c1-11-2-6-13(7-3-11)21-17(24)15-10-16(25-23-15)12-4-8-14(9-5-12)22-18(19)20;/h2-10H,1H3,(H,21,24)(H4,19,20,22);1H. The Bertz CT molecular complexity index is 914. The van der Waals surface area contributed by atoms with Crippen molar-refractivity contribution >= 4 is 35.6 Å². The van der Waals surface area contributed by atoms with Crippen molar-refractivity contribution in [2.24, 2.45) is 16.5 Å². The Hall–Kier alpha value is -3.32. The fourth-order valence-corrected chi connectivity index (χ4v) is 2.20. The Balaban J connectivity index is 0.00000243. The van der Waals surface area contributed by atoms with Gasteiger partial charge >= 0.3 is 0 Å². The number of aromatic nitrogens is 1. The van der Waals surface area contributed by atoms with Crippen molar-refractivity contribution < 1.29 is 9.32 Å². The number of aryl methyl sites for hydroxylation is 1. The first kappa shape index (κ1) is 19.0. The van der Waals surface area contributed by atoms with Gasteiger partial charge in [-0.3, -0.25) is 4.79 Å². The number of hydrogen-bond acceptors (Lipinski definition) is 4. The Kier molecular flexibility index (Phi) is 5.98. The highest BCUT2D eigenvalue weighted by Gasteiger charge is 2.14. The van der Waals surface area contributed by atoms with Crippen molar-refractivity contribution in [1.29, 1.82) is 0 Å². The van der Waals surface area contributed by atoms with Crippen molar-refractivity contribution in [3.05, 3.63) is 65.9 Å². The smallest absolute Gasteiger partial charge is 0.277 e. The summed E-state index contributed by atoms with van der Waals surface area (Å²) in [7, 11) is 0. The molecule has 0 spiro atoms. The molecule has 0 saturated carbocycles. The Morgan fingerprint density at radius 3 is 2.35 bits per heavy atom. The lowest BCUT2D eigenvalue weighted by Crippen LogP contribution is -2.21. The van der Waals surface area contributed by atoms with E-state index in [1.807, 2.05) is 31.2 Å². The zero-order valence-electron chi connectivity index (χ0n) is 14.0. The third-order valence-corrected chi connectivity index (χ3v) is 3.46.